The molecule has 4 aliphatic carbocycles. The van der Waals surface area contributed by atoms with Gasteiger partial charge in [-0.1, -0.05) is 121 Å². The van der Waals surface area contributed by atoms with E-state index in [-0.39, 0.29) is 0 Å². The zero-order valence-electron chi connectivity index (χ0n) is 23.6. The van der Waals surface area contributed by atoms with Gasteiger partial charge in [-0.2, -0.15) is 0 Å². The van der Waals surface area contributed by atoms with Gasteiger partial charge in [0.1, 0.15) is 0 Å². The average molecular weight is 511 g/mol. The first-order valence-corrected chi connectivity index (χ1v) is 25.9. The maximum atomic E-state index is 2.91. The smallest absolute Gasteiger partial charge is 0.0448 e. The summed E-state index contributed by atoms with van der Waals surface area (Å²) in [7, 11) is -3.45. The molecule has 190 valence electrons. The summed E-state index contributed by atoms with van der Waals surface area (Å²) < 4.78 is 0. The highest BCUT2D eigenvalue weighted by Crippen LogP contribution is 2.65. The van der Waals surface area contributed by atoms with Crippen LogP contribution in [0.5, 0.6) is 0 Å². The van der Waals surface area contributed by atoms with E-state index < -0.39 is 23.3 Å². The minimum atomic E-state index is -1.28. The van der Waals surface area contributed by atoms with Crippen molar-refractivity contribution in [3.63, 3.8) is 0 Å². The van der Waals surface area contributed by atoms with Crippen molar-refractivity contribution in [1.29, 1.82) is 0 Å². The van der Waals surface area contributed by atoms with E-state index in [0.717, 1.165) is 46.6 Å². The first-order chi connectivity index (χ1) is 16.0. The van der Waals surface area contributed by atoms with Crippen LogP contribution in [0.2, 0.25) is 63.0 Å². The number of benzene rings is 1. The van der Waals surface area contributed by atoms with Crippen LogP contribution in [0.1, 0.15) is 69.3 Å². The van der Waals surface area contributed by atoms with Crippen molar-refractivity contribution in [2.45, 2.75) is 127 Å². The van der Waals surface area contributed by atoms with E-state index in [2.05, 4.69) is 76.2 Å². The molecular weight excluding hydrogens is 457 g/mol. The molecule has 0 N–H and O–H groups in total. The Hall–Kier alpha value is -0.129. The van der Waals surface area contributed by atoms with Crippen molar-refractivity contribution in [3.8, 4) is 0 Å². The second-order valence-corrected chi connectivity index (χ2v) is 37.3. The van der Waals surface area contributed by atoms with Crippen molar-refractivity contribution in [2.75, 3.05) is 0 Å². The molecule has 4 aliphatic rings. The van der Waals surface area contributed by atoms with Crippen LogP contribution in [-0.4, -0.2) is 23.3 Å². The number of hydrogen-bond acceptors (Lipinski definition) is 0. The van der Waals surface area contributed by atoms with Crippen LogP contribution < -0.4 is 0 Å². The predicted molar refractivity (Wildman–Crippen MR) is 159 cm³/mol. The van der Waals surface area contributed by atoms with Crippen LogP contribution in [0.15, 0.2) is 30.3 Å². The van der Waals surface area contributed by atoms with E-state index in [9.17, 15) is 0 Å². The second kappa shape index (κ2) is 9.31. The van der Waals surface area contributed by atoms with Gasteiger partial charge in [-0.05, 0) is 71.4 Å². The zero-order valence-corrected chi connectivity index (χ0v) is 26.6. The summed E-state index contributed by atoms with van der Waals surface area (Å²) in [6, 6.07) is 13.4. The third-order valence-corrected chi connectivity index (χ3v) is 34.9. The van der Waals surface area contributed by atoms with Gasteiger partial charge >= 0.3 is 0 Å². The van der Waals surface area contributed by atoms with Gasteiger partial charge in [0.05, 0.1) is 0 Å². The van der Waals surface area contributed by atoms with E-state index in [1.54, 1.807) is 50.1 Å². The molecule has 0 aliphatic heterocycles. The largest absolute Gasteiger partial charge is 0.0711 e. The fourth-order valence-corrected chi connectivity index (χ4v) is 26.4. The molecule has 0 aromatic heterocycles. The summed E-state index contributed by atoms with van der Waals surface area (Å²) >= 11 is 0. The van der Waals surface area contributed by atoms with Crippen LogP contribution in [0.25, 0.3) is 0 Å². The van der Waals surface area contributed by atoms with Crippen LogP contribution >= 0.6 is 0 Å². The molecule has 34 heavy (non-hydrogen) atoms. The summed E-state index contributed by atoms with van der Waals surface area (Å²) in [4.78, 5) is 0. The lowest BCUT2D eigenvalue weighted by molar-refractivity contribution is 0.121. The maximum Gasteiger partial charge on any atom is 0.0448 e. The van der Waals surface area contributed by atoms with E-state index in [1.165, 1.54) is 19.3 Å². The monoisotopic (exact) mass is 510 g/mol. The molecule has 1 aromatic carbocycles. The molecule has 0 bridgehead atoms. The molecule has 8 unspecified atom stereocenters. The first-order valence-electron chi connectivity index (χ1n) is 15.0. The first kappa shape index (κ1) is 25.5. The molecule has 0 radical (unpaired) electrons. The number of rotatable bonds is 6. The predicted octanol–water partition coefficient (Wildman–Crippen LogP) is 9.99. The third kappa shape index (κ3) is 4.53. The Morgan fingerprint density at radius 1 is 0.676 bits per heavy atom. The van der Waals surface area contributed by atoms with Crippen molar-refractivity contribution in [2.24, 2.45) is 29.6 Å². The highest BCUT2D eigenvalue weighted by molar-refractivity contribution is 7.41. The number of fused-ring (bicyclic) bond motifs is 2. The van der Waals surface area contributed by atoms with Crippen molar-refractivity contribution in [3.05, 3.63) is 35.9 Å². The average Bonchev–Trinajstić information content (AvgIpc) is 3.50. The van der Waals surface area contributed by atoms with Gasteiger partial charge in [-0.25, -0.2) is 0 Å². The normalized spacial score (nSPS) is 38.7. The molecule has 0 spiro atoms. The molecule has 0 saturated heterocycles. The summed E-state index contributed by atoms with van der Waals surface area (Å²) in [5.41, 5.74) is 3.95. The van der Waals surface area contributed by atoms with E-state index in [1.807, 2.05) is 0 Å². The molecule has 5 rings (SSSR count). The van der Waals surface area contributed by atoms with Gasteiger partial charge < -0.3 is 0 Å². The molecule has 0 nitrogen and oxygen atoms in total. The van der Waals surface area contributed by atoms with Crippen LogP contribution in [0.3, 0.4) is 0 Å². The SMILES string of the molecule is C[Si](C)(C)CC1CCC([Si](C)(C)[Si](C)(C)C2CCC3C2CC2CCCC2C3c2ccccc2)C1. The van der Waals surface area contributed by atoms with Gasteiger partial charge in [0.25, 0.3) is 0 Å². The summed E-state index contributed by atoms with van der Waals surface area (Å²) in [5.74, 6) is 6.02. The highest BCUT2D eigenvalue weighted by Gasteiger charge is 2.59. The van der Waals surface area contributed by atoms with Crippen molar-refractivity contribution >= 4 is 23.3 Å². The molecule has 3 heteroatoms. The molecule has 0 heterocycles. The summed E-state index contributed by atoms with van der Waals surface area (Å²) in [6.07, 6.45) is 14.0. The zero-order chi connectivity index (χ0) is 24.3. The van der Waals surface area contributed by atoms with Crippen molar-refractivity contribution in [1.82, 2.24) is 0 Å². The Morgan fingerprint density at radius 3 is 2.12 bits per heavy atom. The van der Waals surface area contributed by atoms with Crippen LogP contribution in [0.4, 0.5) is 0 Å². The lowest BCUT2D eigenvalue weighted by Gasteiger charge is -2.52. The van der Waals surface area contributed by atoms with E-state index in [0.29, 0.717) is 0 Å². The van der Waals surface area contributed by atoms with Crippen LogP contribution in [0, 0.1) is 29.6 Å². The second-order valence-electron chi connectivity index (χ2n) is 15.6. The lowest BCUT2D eigenvalue weighted by atomic mass is 9.62. The summed E-state index contributed by atoms with van der Waals surface area (Å²) in [6.45, 7) is 19.4. The van der Waals surface area contributed by atoms with E-state index in [4.69, 9.17) is 0 Å². The molecule has 4 fully saturated rings. The molecular formula is C31H54Si3. The molecule has 4 saturated carbocycles. The number of hydrogen-bond donors (Lipinski definition) is 0. The fraction of sp³-hybridized carbons (Fsp3) is 0.806. The molecule has 0 amide bonds. The third-order valence-electron chi connectivity index (χ3n) is 12.3. The Labute approximate surface area is 214 Å². The van der Waals surface area contributed by atoms with Gasteiger partial charge in [0.15, 0.2) is 0 Å². The van der Waals surface area contributed by atoms with Gasteiger partial charge in [0, 0.05) is 23.3 Å². The lowest BCUT2D eigenvalue weighted by Crippen LogP contribution is -2.61. The highest BCUT2D eigenvalue weighted by atomic mass is 29.3. The Balaban J connectivity index is 1.37. The quantitative estimate of drug-likeness (QED) is 0.334. The minimum Gasteiger partial charge on any atom is -0.0711 e. The van der Waals surface area contributed by atoms with Gasteiger partial charge in [-0.3, -0.25) is 0 Å². The molecule has 8 atom stereocenters. The van der Waals surface area contributed by atoms with Gasteiger partial charge in [0.2, 0.25) is 0 Å². The maximum absolute atomic E-state index is 2.91. The Morgan fingerprint density at radius 2 is 1.41 bits per heavy atom. The van der Waals surface area contributed by atoms with Gasteiger partial charge in [-0.15, -0.1) is 0 Å². The van der Waals surface area contributed by atoms with Crippen molar-refractivity contribution < 1.29 is 0 Å². The molecule has 1 aromatic rings. The fourth-order valence-electron chi connectivity index (χ4n) is 10.2. The topological polar surface area (TPSA) is 0 Å². The standard InChI is InChI=1S/C31H54Si3/c1-32(2,3)22-23-16-17-26(20-23)33(4,5)34(6,7)30-19-18-28-29(30)21-25-14-11-15-27(25)31(28)24-12-9-8-10-13-24/h8-10,12-13,23,25-31H,11,14-22H2,1-7H3. The van der Waals surface area contributed by atoms with E-state index >= 15 is 0 Å². The Bertz CT molecular complexity index is 838. The summed E-state index contributed by atoms with van der Waals surface area (Å²) in [5, 5.41) is 0. The minimum absolute atomic E-state index is 0.875. The van der Waals surface area contributed by atoms with Crippen LogP contribution in [-0.2, 0) is 0 Å². The Kier molecular flexibility index (Phi) is 6.99.